The van der Waals surface area contributed by atoms with Crippen molar-refractivity contribution in [1.82, 2.24) is 0 Å². The van der Waals surface area contributed by atoms with Crippen LogP contribution in [0.2, 0.25) is 0 Å². The molecule has 0 aliphatic heterocycles. The zero-order valence-corrected chi connectivity index (χ0v) is 5.87. The van der Waals surface area contributed by atoms with Crippen LogP contribution in [0.15, 0.2) is 12.7 Å². The first kappa shape index (κ1) is 12.1. The Morgan fingerprint density at radius 2 is 2.00 bits per heavy atom. The molecule has 64 valence electrons. The average molecular weight is 165 g/mol. The molecule has 5 nitrogen and oxygen atoms in total. The third kappa shape index (κ3) is 17.8. The lowest BCUT2D eigenvalue weighted by Gasteiger charge is -1.83. The van der Waals surface area contributed by atoms with Gasteiger partial charge < -0.3 is 10.5 Å². The second-order valence-corrected chi connectivity index (χ2v) is 1.12. The zero-order chi connectivity index (χ0) is 9.28. The molecular formula is C5H8FNO4. The molecule has 0 saturated carbocycles. The van der Waals surface area contributed by atoms with Crippen LogP contribution in [-0.2, 0) is 14.5 Å². The summed E-state index contributed by atoms with van der Waals surface area (Å²) in [4.78, 5) is 21.2. The average Bonchev–Trinajstić information content (AvgIpc) is 2.04. The number of amides is 1. The number of rotatable bonds is 1. The van der Waals surface area contributed by atoms with Crippen molar-refractivity contribution in [3.8, 4) is 0 Å². The predicted molar refractivity (Wildman–Crippen MR) is 34.0 cm³/mol. The van der Waals surface area contributed by atoms with Crippen molar-refractivity contribution < 1.29 is 23.8 Å². The summed E-state index contributed by atoms with van der Waals surface area (Å²) >= 11 is 0. The molecule has 0 aromatic heterocycles. The highest BCUT2D eigenvalue weighted by molar-refractivity contribution is 5.80. The smallest absolute Gasteiger partial charge is 0.442 e. The van der Waals surface area contributed by atoms with Gasteiger partial charge in [0, 0.05) is 10.6 Å². The van der Waals surface area contributed by atoms with Crippen molar-refractivity contribution in [3.05, 3.63) is 12.7 Å². The Morgan fingerprint density at radius 1 is 1.64 bits per heavy atom. The molecule has 0 bridgehead atoms. The van der Waals surface area contributed by atoms with Crippen LogP contribution in [0.25, 0.3) is 0 Å². The number of halogens is 1. The molecular weight excluding hydrogens is 157 g/mol. The number of hydrogen-bond donors (Lipinski definition) is 1. The Kier molecular flexibility index (Phi) is 9.27. The van der Waals surface area contributed by atoms with E-state index in [2.05, 4.69) is 22.0 Å². The zero-order valence-electron chi connectivity index (χ0n) is 5.87. The number of ether oxygens (including phenoxy) is 1. The Morgan fingerprint density at radius 3 is 2.00 bits per heavy atom. The van der Waals surface area contributed by atoms with E-state index < -0.39 is 12.1 Å². The number of methoxy groups -OCH3 is 1. The van der Waals surface area contributed by atoms with E-state index >= 15 is 0 Å². The minimum atomic E-state index is -1.41. The number of esters is 1. The Hall–Kier alpha value is -1.59. The van der Waals surface area contributed by atoms with Crippen molar-refractivity contribution in [2.75, 3.05) is 7.11 Å². The predicted octanol–water partition coefficient (Wildman–Crippen LogP) is 0.312. The van der Waals surface area contributed by atoms with Gasteiger partial charge in [0.05, 0.1) is 7.11 Å². The van der Waals surface area contributed by atoms with Gasteiger partial charge in [-0.25, -0.2) is 14.5 Å². The van der Waals surface area contributed by atoms with E-state index in [-0.39, 0.29) is 0 Å². The summed E-state index contributed by atoms with van der Waals surface area (Å²) in [6.45, 7) is 3.16. The summed E-state index contributed by atoms with van der Waals surface area (Å²) in [6.07, 6.45) is -0.301. The number of nitrogens with two attached hydrogens (primary N) is 1. The molecule has 0 fully saturated rings. The minimum Gasteiger partial charge on any atom is -0.466 e. The lowest BCUT2D eigenvalue weighted by molar-refractivity contribution is -0.134. The fourth-order valence-electron chi connectivity index (χ4n) is 0.0833. The fraction of sp³-hybridized carbons (Fsp3) is 0.200. The highest BCUT2D eigenvalue weighted by atomic mass is 19.3. The fourth-order valence-corrected chi connectivity index (χ4v) is 0.0833. The summed E-state index contributed by atoms with van der Waals surface area (Å²) in [6, 6.07) is 0. The minimum absolute atomic E-state index is 0.394. The van der Waals surface area contributed by atoms with Gasteiger partial charge in [-0.15, -0.1) is 0 Å². The van der Waals surface area contributed by atoms with Crippen LogP contribution >= 0.6 is 0 Å². The van der Waals surface area contributed by atoms with Gasteiger partial charge in [0.25, 0.3) is 0 Å². The highest BCUT2D eigenvalue weighted by Crippen LogP contribution is 1.67. The first-order valence-corrected chi connectivity index (χ1v) is 2.36. The van der Waals surface area contributed by atoms with Crippen LogP contribution in [0, 0.1) is 0 Å². The molecule has 0 aromatic rings. The van der Waals surface area contributed by atoms with Crippen LogP contribution in [-0.4, -0.2) is 19.2 Å². The van der Waals surface area contributed by atoms with Crippen LogP contribution in [0.1, 0.15) is 0 Å². The molecule has 11 heavy (non-hydrogen) atoms. The highest BCUT2D eigenvalue weighted by Gasteiger charge is 1.82. The van der Waals surface area contributed by atoms with E-state index in [1.807, 2.05) is 0 Å². The number of hydrogen-bond acceptors (Lipinski definition) is 4. The SMILES string of the molecule is C=CC(=O)OC.NC(=O)OF. The van der Waals surface area contributed by atoms with Gasteiger partial charge in [-0.2, -0.15) is 0 Å². The summed E-state index contributed by atoms with van der Waals surface area (Å²) < 4.78 is 14.3. The summed E-state index contributed by atoms with van der Waals surface area (Å²) in [5.41, 5.74) is 4.06. The first-order valence-electron chi connectivity index (χ1n) is 2.36. The van der Waals surface area contributed by atoms with Gasteiger partial charge in [-0.1, -0.05) is 6.58 Å². The van der Waals surface area contributed by atoms with Gasteiger partial charge >= 0.3 is 12.1 Å². The van der Waals surface area contributed by atoms with Crippen molar-refractivity contribution in [1.29, 1.82) is 0 Å². The molecule has 6 heteroatoms. The molecule has 0 aliphatic rings. The molecule has 0 unspecified atom stereocenters. The van der Waals surface area contributed by atoms with Crippen molar-refractivity contribution in [2.24, 2.45) is 5.73 Å². The van der Waals surface area contributed by atoms with Crippen LogP contribution in [0.4, 0.5) is 9.32 Å². The van der Waals surface area contributed by atoms with Gasteiger partial charge in [0.1, 0.15) is 0 Å². The molecule has 0 rings (SSSR count). The van der Waals surface area contributed by atoms with Gasteiger partial charge in [0.15, 0.2) is 0 Å². The quantitative estimate of drug-likeness (QED) is 0.448. The third-order valence-corrected chi connectivity index (χ3v) is 0.444. The van der Waals surface area contributed by atoms with E-state index in [4.69, 9.17) is 4.79 Å². The maximum atomic E-state index is 10.1. The van der Waals surface area contributed by atoms with E-state index in [0.717, 1.165) is 6.08 Å². The lowest BCUT2D eigenvalue weighted by atomic mass is 10.7. The normalized spacial score (nSPS) is 6.73. The number of primary amides is 1. The van der Waals surface area contributed by atoms with E-state index in [0.29, 0.717) is 0 Å². The monoisotopic (exact) mass is 165 g/mol. The molecule has 0 heterocycles. The second kappa shape index (κ2) is 8.41. The second-order valence-electron chi connectivity index (χ2n) is 1.12. The van der Waals surface area contributed by atoms with Crippen molar-refractivity contribution in [3.63, 3.8) is 0 Å². The summed E-state index contributed by atoms with van der Waals surface area (Å²) in [5, 5.41) is 0. The largest absolute Gasteiger partial charge is 0.466 e. The molecule has 1 amide bonds. The van der Waals surface area contributed by atoms with Crippen LogP contribution in [0.5, 0.6) is 0 Å². The van der Waals surface area contributed by atoms with Gasteiger partial charge in [-0.3, -0.25) is 0 Å². The number of carbonyl (C=O) groups is 2. The molecule has 2 N–H and O–H groups in total. The van der Waals surface area contributed by atoms with Crippen LogP contribution in [0.3, 0.4) is 0 Å². The van der Waals surface area contributed by atoms with E-state index in [1.54, 1.807) is 0 Å². The lowest BCUT2D eigenvalue weighted by Crippen LogP contribution is -2.06. The van der Waals surface area contributed by atoms with Crippen molar-refractivity contribution >= 4 is 12.1 Å². The van der Waals surface area contributed by atoms with E-state index in [1.165, 1.54) is 7.11 Å². The van der Waals surface area contributed by atoms with Gasteiger partial charge in [-0.05, 0) is 0 Å². The maximum Gasteiger partial charge on any atom is 0.442 e. The summed E-state index contributed by atoms with van der Waals surface area (Å²) in [7, 11) is 1.31. The topological polar surface area (TPSA) is 78.6 Å². The van der Waals surface area contributed by atoms with Gasteiger partial charge in [0.2, 0.25) is 0 Å². The first-order chi connectivity index (χ1) is 5.08. The molecule has 0 atom stereocenters. The molecule has 0 aromatic carbocycles. The maximum absolute atomic E-state index is 10.1. The van der Waals surface area contributed by atoms with Crippen molar-refractivity contribution in [2.45, 2.75) is 0 Å². The Labute approximate surface area is 62.5 Å². The third-order valence-electron chi connectivity index (χ3n) is 0.444. The standard InChI is InChI=1S/C4H6O2.CH2FNO2/c1-3-4(5)6-2;2-5-1(3)4/h3H,1H2,2H3;(H2,3,4). The molecule has 0 spiro atoms. The van der Waals surface area contributed by atoms with E-state index in [9.17, 15) is 9.32 Å². The number of carbonyl (C=O) groups excluding carboxylic acids is 2. The Balaban J connectivity index is 0. The Bertz CT molecular complexity index is 147. The van der Waals surface area contributed by atoms with Crippen LogP contribution < -0.4 is 5.73 Å². The molecule has 0 radical (unpaired) electrons. The molecule has 0 aliphatic carbocycles. The molecule has 0 saturated heterocycles. The summed E-state index contributed by atoms with van der Waals surface area (Å²) in [5.74, 6) is -0.394.